The molecule has 1 aliphatic carbocycles. The van der Waals surface area contributed by atoms with Gasteiger partial charge in [-0.15, -0.1) is 0 Å². The summed E-state index contributed by atoms with van der Waals surface area (Å²) >= 11 is 0. The molecule has 6 N–H and O–H groups in total. The molecule has 1 spiro atoms. The van der Waals surface area contributed by atoms with Gasteiger partial charge in [-0.2, -0.15) is 35.3 Å². The van der Waals surface area contributed by atoms with E-state index in [4.69, 9.17) is 24.9 Å². The highest BCUT2D eigenvalue weighted by Crippen LogP contribution is 2.50. The molecule has 588 valence electrons. The maximum atomic E-state index is 13.6. The predicted molar refractivity (Wildman–Crippen MR) is 426 cm³/mol. The fourth-order valence-corrected chi connectivity index (χ4v) is 17.6. The number of carbonyl (C=O) groups excluding carboxylic acids is 3. The summed E-state index contributed by atoms with van der Waals surface area (Å²) in [4.78, 5) is 72.2. The normalized spacial score (nSPS) is 17.5. The largest absolute Gasteiger partial charge is 0.497 e. The smallest absolute Gasteiger partial charge is 0.281 e. The Morgan fingerprint density at radius 2 is 1.12 bits per heavy atom. The van der Waals surface area contributed by atoms with Crippen LogP contribution in [-0.4, -0.2) is 139 Å². The Morgan fingerprint density at radius 3 is 1.66 bits per heavy atom. The van der Waals surface area contributed by atoms with E-state index in [0.717, 1.165) is 93.7 Å². The average Bonchev–Trinajstić information content (AvgIpc) is 1.57. The molecule has 3 unspecified atom stereocenters. The van der Waals surface area contributed by atoms with Gasteiger partial charge in [-0.25, -0.2) is 39.1 Å². The summed E-state index contributed by atoms with van der Waals surface area (Å²) in [6.45, 7) is 27.2. The van der Waals surface area contributed by atoms with E-state index in [1.54, 1.807) is 85.2 Å². The van der Waals surface area contributed by atoms with Gasteiger partial charge in [0.25, 0.3) is 47.8 Å². The Labute approximate surface area is 650 Å². The lowest BCUT2D eigenvalue weighted by Gasteiger charge is -2.47. The van der Waals surface area contributed by atoms with Crippen LogP contribution < -0.4 is 54.1 Å². The lowest BCUT2D eigenvalue weighted by Crippen LogP contribution is -2.50. The Kier molecular flexibility index (Phi) is 24.7. The molecule has 31 heteroatoms. The molecular weight excluding hydrogens is 1470 g/mol. The zero-order valence-electron chi connectivity index (χ0n) is 64.6. The van der Waals surface area contributed by atoms with Crippen LogP contribution >= 0.6 is 0 Å². The van der Waals surface area contributed by atoms with E-state index in [1.807, 2.05) is 49.0 Å². The number of hydrogen-bond donors (Lipinski definition) is 5. The fourth-order valence-electron chi connectivity index (χ4n) is 14.8. The van der Waals surface area contributed by atoms with Crippen molar-refractivity contribution in [3.63, 3.8) is 0 Å². The number of benzene rings is 2. The number of ether oxygens (including phenoxy) is 3. The number of methoxy groups -OCH3 is 1. The van der Waals surface area contributed by atoms with Crippen LogP contribution in [0.1, 0.15) is 150 Å². The molecule has 4 fully saturated rings. The van der Waals surface area contributed by atoms with Crippen LogP contribution in [0.3, 0.4) is 0 Å². The summed E-state index contributed by atoms with van der Waals surface area (Å²) < 4.78 is 103. The Hall–Kier alpha value is -10.8. The number of hydrogen-bond acceptors (Lipinski definition) is 24. The molecule has 0 radical (unpaired) electrons. The van der Waals surface area contributed by atoms with E-state index in [0.29, 0.717) is 77.3 Å². The number of aryl methyl sites for hydroxylation is 3. The fraction of sp³-hybridized carbons (Fsp3) is 0.400. The van der Waals surface area contributed by atoms with Crippen LogP contribution in [0.25, 0.3) is 11.3 Å². The third-order valence-corrected chi connectivity index (χ3v) is 23.4. The van der Waals surface area contributed by atoms with E-state index in [1.165, 1.54) is 49.6 Å². The molecule has 2 aromatic carbocycles. The number of pyridine rings is 6. The number of nitrogens with one attached hydrogen (secondary N) is 4. The van der Waals surface area contributed by atoms with Gasteiger partial charge in [0.05, 0.1) is 41.8 Å². The summed E-state index contributed by atoms with van der Waals surface area (Å²) in [5.41, 5.74) is 9.38. The first-order valence-corrected chi connectivity index (χ1v) is 41.5. The van der Waals surface area contributed by atoms with Gasteiger partial charge < -0.3 is 40.0 Å². The molecule has 13 rings (SSSR count). The number of rotatable bonds is 24. The van der Waals surface area contributed by atoms with Gasteiger partial charge in [0.2, 0.25) is 5.88 Å². The highest BCUT2D eigenvalue weighted by Gasteiger charge is 2.50. The minimum absolute atomic E-state index is 0.0508. The Morgan fingerprint density at radius 1 is 0.577 bits per heavy atom. The zero-order valence-corrected chi connectivity index (χ0v) is 67.1. The molecule has 3 amide bonds. The van der Waals surface area contributed by atoms with Gasteiger partial charge >= 0.3 is 0 Å². The van der Waals surface area contributed by atoms with Gasteiger partial charge in [-0.3, -0.25) is 19.1 Å². The van der Waals surface area contributed by atoms with Crippen LogP contribution in [0, 0.1) is 37.5 Å². The highest BCUT2D eigenvalue weighted by molar-refractivity contribution is 7.90. The molecule has 0 bridgehead atoms. The summed E-state index contributed by atoms with van der Waals surface area (Å²) in [5.74, 6) is 3.15. The maximum absolute atomic E-state index is 13.6. The van der Waals surface area contributed by atoms with Crippen LogP contribution in [0.5, 0.6) is 23.1 Å². The van der Waals surface area contributed by atoms with E-state index in [9.17, 15) is 39.6 Å². The average molecular weight is 1570 g/mol. The molecular formula is C80H98N16O12S3. The highest BCUT2D eigenvalue weighted by atomic mass is 32.2. The van der Waals surface area contributed by atoms with E-state index in [-0.39, 0.29) is 60.1 Å². The number of anilines is 5. The lowest BCUT2D eigenvalue weighted by atomic mass is 9.73. The number of carbonyl (C=O) groups is 3. The van der Waals surface area contributed by atoms with Crippen LogP contribution in [0.2, 0.25) is 0 Å². The summed E-state index contributed by atoms with van der Waals surface area (Å²) in [6.07, 6.45) is 12.0. The zero-order chi connectivity index (χ0) is 79.8. The summed E-state index contributed by atoms with van der Waals surface area (Å²) in [6, 6.07) is 37.8. The van der Waals surface area contributed by atoms with E-state index < -0.39 is 47.8 Å². The third kappa shape index (κ3) is 19.9. The number of aromatic nitrogens is 8. The van der Waals surface area contributed by atoms with Crippen molar-refractivity contribution < 1.29 is 53.8 Å². The minimum atomic E-state index is -4.28. The topological polar surface area (TPSA) is 360 Å². The molecule has 7 aromatic heterocycles. The second-order valence-electron chi connectivity index (χ2n) is 30.7. The first kappa shape index (κ1) is 81.2. The summed E-state index contributed by atoms with van der Waals surface area (Å²) in [5, 5.41) is 6.59. The SMILES string of the molecule is COc1cccc(Oc2cccc(S(=O)(=O)NC(=O)c3cccnc3N3CC(C)CC3(C)C)n2)c1.Cc1cc(OCC(C)C)cc(-c2ccc(C(=O)NS(=O)(=O)c3cccc(N)n3)c(N3CC(C)CC34CCC4)n2)c1.Cc1ccn(CCCNc2cccc(S(=O)(=O)NC(=O)c3cccnc3N3CC(C)CC3(C)C)n2)n1. The quantitative estimate of drug-likeness (QED) is 0.0351. The molecule has 3 aliphatic heterocycles. The van der Waals surface area contributed by atoms with Crippen molar-refractivity contribution in [2.24, 2.45) is 23.7 Å². The van der Waals surface area contributed by atoms with E-state index >= 15 is 0 Å². The molecule has 10 heterocycles. The molecule has 4 aliphatic rings. The lowest BCUT2D eigenvalue weighted by molar-refractivity contribution is 0.0972. The van der Waals surface area contributed by atoms with Crippen molar-refractivity contribution >= 4 is 76.9 Å². The minimum Gasteiger partial charge on any atom is -0.497 e. The van der Waals surface area contributed by atoms with Crippen molar-refractivity contribution in [3.05, 3.63) is 186 Å². The van der Waals surface area contributed by atoms with Gasteiger partial charge in [0.15, 0.2) is 15.1 Å². The molecule has 3 atom stereocenters. The monoisotopic (exact) mass is 1570 g/mol. The van der Waals surface area contributed by atoms with Crippen LogP contribution in [-0.2, 0) is 36.6 Å². The second-order valence-corrected chi connectivity index (χ2v) is 35.6. The Balaban J connectivity index is 0.000000165. The van der Waals surface area contributed by atoms with Gasteiger partial charge in [0.1, 0.15) is 46.3 Å². The van der Waals surface area contributed by atoms with Crippen molar-refractivity contribution in [2.75, 3.05) is 65.6 Å². The maximum Gasteiger partial charge on any atom is 0.281 e. The molecule has 111 heavy (non-hydrogen) atoms. The van der Waals surface area contributed by atoms with Crippen LogP contribution in [0.15, 0.2) is 173 Å². The van der Waals surface area contributed by atoms with E-state index in [2.05, 4.69) is 127 Å². The first-order valence-electron chi connectivity index (χ1n) is 37.0. The number of nitrogens with zero attached hydrogens (tertiary/aromatic N) is 11. The van der Waals surface area contributed by atoms with Gasteiger partial charge in [-0.05, 0) is 219 Å². The number of sulfonamides is 3. The molecule has 9 aromatic rings. The molecule has 3 saturated heterocycles. The first-order chi connectivity index (χ1) is 52.6. The number of amides is 3. The summed E-state index contributed by atoms with van der Waals surface area (Å²) in [7, 11) is -11.2. The molecule has 1 saturated carbocycles. The van der Waals surface area contributed by atoms with Gasteiger partial charge in [0, 0.05) is 85.6 Å². The predicted octanol–water partition coefficient (Wildman–Crippen LogP) is 12.2. The standard InChI is InChI=1S/C30H37N5O4S.C25H33N7O3S.C25H28N4O5S/c1-19(2)18-39-23-14-20(3)13-22(15-23)25-10-9-24(28(32-25)35-17-21(4)16-30(35)11-6-12-30)29(36)34-40(37,38)27-8-5-7-26(31)33-27;1-18-16-25(3,4)32(17-18)23-20(8-6-12-27-23)24(33)30-36(34,35)22-10-5-9-21(28-22)26-13-7-14-31-15-11-19(2)29-31;1-17-15-25(2,3)29(16-17)23-20(10-7-13-26-23)24(30)28-35(31,32)22-12-6-11-21(27-22)34-19-9-5-8-18(14-19)33-4/h5,7-10,13-15,19,21H,6,11-12,16-18H2,1-4H3,(H2,31,33)(H,34,36);5-6,8-12,15,18H,7,13-14,16-17H2,1-4H3,(H,26,28)(H,30,33);5-14,17H,15-16H2,1-4H3,(H,28,30). The van der Waals surface area contributed by atoms with Crippen molar-refractivity contribution in [3.8, 4) is 34.4 Å². The van der Waals surface area contributed by atoms with Crippen molar-refractivity contribution in [1.82, 2.24) is 53.9 Å². The molecule has 28 nitrogen and oxygen atoms in total. The van der Waals surface area contributed by atoms with Crippen LogP contribution in [0.4, 0.5) is 29.1 Å². The Bertz CT molecular complexity index is 5230. The number of nitrogen functional groups attached to an aromatic ring is 1. The van der Waals surface area contributed by atoms with Gasteiger partial charge in [-0.1, -0.05) is 58.9 Å². The second kappa shape index (κ2) is 33.8. The third-order valence-electron chi connectivity index (χ3n) is 19.7. The van der Waals surface area contributed by atoms with Crippen molar-refractivity contribution in [1.29, 1.82) is 0 Å². The number of nitrogens with two attached hydrogens (primary N) is 1. The van der Waals surface area contributed by atoms with Crippen molar-refractivity contribution in [2.45, 2.75) is 159 Å².